The number of nitrogens with zero attached hydrogens (tertiary/aromatic N) is 2. The zero-order chi connectivity index (χ0) is 21.5. The van der Waals surface area contributed by atoms with Gasteiger partial charge in [0.2, 0.25) is 0 Å². The van der Waals surface area contributed by atoms with Gasteiger partial charge in [0.1, 0.15) is 11.5 Å². The van der Waals surface area contributed by atoms with Crippen LogP contribution in [0, 0.1) is 5.41 Å². The average Bonchev–Trinajstić information content (AvgIpc) is 3.12. The van der Waals surface area contributed by atoms with Gasteiger partial charge in [-0.15, -0.1) is 0 Å². The van der Waals surface area contributed by atoms with E-state index in [0.717, 1.165) is 22.0 Å². The molecule has 0 spiro atoms. The molecule has 3 aromatic rings. The van der Waals surface area contributed by atoms with Crippen LogP contribution >= 0.6 is 0 Å². The van der Waals surface area contributed by atoms with E-state index in [9.17, 15) is 4.79 Å². The summed E-state index contributed by atoms with van der Waals surface area (Å²) < 4.78 is 1.98. The van der Waals surface area contributed by atoms with Gasteiger partial charge in [-0.25, -0.2) is 0 Å². The molecule has 3 rings (SSSR count). The highest BCUT2D eigenvalue weighted by Crippen LogP contribution is 2.22. The van der Waals surface area contributed by atoms with Crippen LogP contribution in [0.25, 0.3) is 10.9 Å². The molecule has 6 nitrogen and oxygen atoms in total. The van der Waals surface area contributed by atoms with E-state index in [2.05, 4.69) is 16.9 Å². The topological polar surface area (TPSA) is 96.3 Å². The third kappa shape index (κ3) is 4.72. The summed E-state index contributed by atoms with van der Waals surface area (Å²) in [5.74, 6) is -0.151. The summed E-state index contributed by atoms with van der Waals surface area (Å²) in [6.45, 7) is 4.63. The number of aliphatic imine (C=N–C) groups is 1. The molecule has 0 unspecified atom stereocenters. The number of aromatic nitrogens is 1. The third-order valence-electron chi connectivity index (χ3n) is 4.77. The lowest BCUT2D eigenvalue weighted by molar-refractivity contribution is 0.0949. The fraction of sp³-hybridized carbons (Fsp3) is 0.125. The first-order valence-electron chi connectivity index (χ1n) is 9.57. The Morgan fingerprint density at radius 2 is 2.03 bits per heavy atom. The highest BCUT2D eigenvalue weighted by molar-refractivity contribution is 5.99. The smallest absolute Gasteiger partial charge is 0.268 e. The maximum absolute atomic E-state index is 13.0. The number of amidine groups is 1. The Morgan fingerprint density at radius 3 is 2.77 bits per heavy atom. The van der Waals surface area contributed by atoms with Crippen LogP contribution in [0.1, 0.15) is 21.6 Å². The maximum atomic E-state index is 13.0. The van der Waals surface area contributed by atoms with Crippen molar-refractivity contribution in [3.8, 4) is 0 Å². The van der Waals surface area contributed by atoms with Gasteiger partial charge in [0.25, 0.3) is 5.91 Å². The van der Waals surface area contributed by atoms with Crippen LogP contribution in [0.3, 0.4) is 0 Å². The van der Waals surface area contributed by atoms with E-state index in [0.29, 0.717) is 24.3 Å². The molecule has 0 saturated carbocycles. The number of fused-ring (bicyclic) bond motifs is 1. The Labute approximate surface area is 175 Å². The number of para-hydroxylation sites is 1. The van der Waals surface area contributed by atoms with E-state index in [4.69, 9.17) is 11.1 Å². The van der Waals surface area contributed by atoms with Crippen LogP contribution in [0.5, 0.6) is 0 Å². The molecule has 152 valence electrons. The maximum Gasteiger partial charge on any atom is 0.268 e. The standard InChI is InChI=1S/C24H25N5O/c1-3-17(11-12-27-2)15-28-24(30)22-14-19-8-4-5-10-21(19)29(22)16-18-7-6-9-20(13-18)23(25)26/h3-14H,1,15-16H2,2H3,(H3,25,26)(H,28,30)/b17-11+,27-12?. The summed E-state index contributed by atoms with van der Waals surface area (Å²) >= 11 is 0. The molecule has 1 heterocycles. The minimum absolute atomic E-state index is 0.0199. The van der Waals surface area contributed by atoms with Crippen molar-refractivity contribution in [3.63, 3.8) is 0 Å². The summed E-state index contributed by atoms with van der Waals surface area (Å²) in [7, 11) is 1.69. The van der Waals surface area contributed by atoms with Crippen molar-refractivity contribution in [2.24, 2.45) is 10.7 Å². The number of rotatable bonds is 8. The van der Waals surface area contributed by atoms with E-state index in [1.807, 2.05) is 59.2 Å². The SMILES string of the molecule is C=C/C(=C\C=NC)CNC(=O)c1cc2ccccc2n1Cc1cccc(C(=N)N)c1. The third-order valence-corrected chi connectivity index (χ3v) is 4.77. The van der Waals surface area contributed by atoms with Crippen molar-refractivity contribution in [1.29, 1.82) is 5.41 Å². The Balaban J connectivity index is 1.93. The molecule has 0 bridgehead atoms. The number of carbonyl (C=O) groups is 1. The fourth-order valence-corrected chi connectivity index (χ4v) is 3.23. The quantitative estimate of drug-likeness (QED) is 0.307. The first kappa shape index (κ1) is 20.8. The summed E-state index contributed by atoms with van der Waals surface area (Å²) in [4.78, 5) is 16.9. The molecular formula is C24H25N5O. The van der Waals surface area contributed by atoms with Gasteiger partial charge in [0, 0.05) is 42.8 Å². The molecule has 30 heavy (non-hydrogen) atoms. The molecule has 2 aromatic carbocycles. The molecule has 0 aliphatic carbocycles. The molecule has 1 aromatic heterocycles. The van der Waals surface area contributed by atoms with Gasteiger partial charge in [-0.05, 0) is 35.4 Å². The summed E-state index contributed by atoms with van der Waals surface area (Å²) in [5, 5.41) is 11.6. The molecular weight excluding hydrogens is 374 g/mol. The monoisotopic (exact) mass is 399 g/mol. The van der Waals surface area contributed by atoms with E-state index in [-0.39, 0.29) is 11.7 Å². The summed E-state index contributed by atoms with van der Waals surface area (Å²) in [6, 6.07) is 17.3. The Kier molecular flexibility index (Phi) is 6.60. The van der Waals surface area contributed by atoms with Crippen LogP contribution in [-0.2, 0) is 6.54 Å². The second-order valence-electron chi connectivity index (χ2n) is 6.82. The summed E-state index contributed by atoms with van der Waals surface area (Å²) in [6.07, 6.45) is 5.18. The molecule has 6 heteroatoms. The first-order valence-corrected chi connectivity index (χ1v) is 9.57. The normalized spacial score (nSPS) is 11.7. The molecule has 1 amide bonds. The van der Waals surface area contributed by atoms with Gasteiger partial charge in [0.15, 0.2) is 0 Å². The first-order chi connectivity index (χ1) is 14.5. The van der Waals surface area contributed by atoms with Crippen LogP contribution in [0.4, 0.5) is 0 Å². The number of nitrogens with one attached hydrogen (secondary N) is 2. The van der Waals surface area contributed by atoms with E-state index >= 15 is 0 Å². The van der Waals surface area contributed by atoms with Gasteiger partial charge < -0.3 is 15.6 Å². The molecule has 0 fully saturated rings. The molecule has 0 radical (unpaired) electrons. The molecule has 0 aliphatic heterocycles. The van der Waals surface area contributed by atoms with E-state index < -0.39 is 0 Å². The van der Waals surface area contributed by atoms with Gasteiger partial charge in [-0.3, -0.25) is 15.2 Å². The predicted octanol–water partition coefficient (Wildman–Crippen LogP) is 3.52. The molecule has 0 saturated heterocycles. The number of nitrogens with two attached hydrogens (primary N) is 1. The highest BCUT2D eigenvalue weighted by Gasteiger charge is 2.16. The lowest BCUT2D eigenvalue weighted by Gasteiger charge is -2.12. The van der Waals surface area contributed by atoms with Crippen molar-refractivity contribution in [2.45, 2.75) is 6.54 Å². The largest absolute Gasteiger partial charge is 0.384 e. The molecule has 0 aliphatic rings. The van der Waals surface area contributed by atoms with Crippen molar-refractivity contribution in [3.05, 3.63) is 95.7 Å². The van der Waals surface area contributed by atoms with Crippen LogP contribution in [0.2, 0.25) is 0 Å². The van der Waals surface area contributed by atoms with Crippen molar-refractivity contribution in [1.82, 2.24) is 9.88 Å². The number of hydrogen-bond acceptors (Lipinski definition) is 3. The average molecular weight is 399 g/mol. The van der Waals surface area contributed by atoms with Gasteiger partial charge in [-0.2, -0.15) is 0 Å². The molecule has 0 atom stereocenters. The number of allylic oxidation sites excluding steroid dienone is 1. The van der Waals surface area contributed by atoms with Gasteiger partial charge in [0.05, 0.1) is 0 Å². The van der Waals surface area contributed by atoms with Crippen molar-refractivity contribution >= 4 is 28.9 Å². The highest BCUT2D eigenvalue weighted by atomic mass is 16.1. The zero-order valence-corrected chi connectivity index (χ0v) is 16.9. The molecule has 4 N–H and O–H groups in total. The Morgan fingerprint density at radius 1 is 1.23 bits per heavy atom. The van der Waals surface area contributed by atoms with E-state index in [1.54, 1.807) is 25.4 Å². The van der Waals surface area contributed by atoms with Crippen molar-refractivity contribution in [2.75, 3.05) is 13.6 Å². The van der Waals surface area contributed by atoms with Gasteiger partial charge in [-0.1, -0.05) is 49.1 Å². The van der Waals surface area contributed by atoms with Crippen LogP contribution < -0.4 is 11.1 Å². The second-order valence-corrected chi connectivity index (χ2v) is 6.82. The second kappa shape index (κ2) is 9.52. The minimum Gasteiger partial charge on any atom is -0.384 e. The minimum atomic E-state index is -0.171. The van der Waals surface area contributed by atoms with Crippen LogP contribution in [0.15, 0.2) is 83.9 Å². The number of carbonyl (C=O) groups excluding carboxylic acids is 1. The number of nitrogen functional groups attached to an aromatic ring is 1. The van der Waals surface area contributed by atoms with E-state index in [1.165, 1.54) is 0 Å². The summed E-state index contributed by atoms with van der Waals surface area (Å²) in [5.41, 5.74) is 9.65. The Hall–Kier alpha value is -3.93. The lowest BCUT2D eigenvalue weighted by atomic mass is 10.1. The zero-order valence-electron chi connectivity index (χ0n) is 16.9. The van der Waals surface area contributed by atoms with Crippen molar-refractivity contribution < 1.29 is 4.79 Å². The van der Waals surface area contributed by atoms with Crippen LogP contribution in [-0.4, -0.2) is 36.1 Å². The van der Waals surface area contributed by atoms with Gasteiger partial charge >= 0.3 is 0 Å². The number of benzene rings is 2. The predicted molar refractivity (Wildman–Crippen MR) is 124 cm³/mol. The fourth-order valence-electron chi connectivity index (χ4n) is 3.23. The Bertz CT molecular complexity index is 1150. The lowest BCUT2D eigenvalue weighted by Crippen LogP contribution is -2.27. The number of amides is 1. The number of hydrogen-bond donors (Lipinski definition) is 3.